The molecule has 3 aliphatic heterocycles. The first-order chi connectivity index (χ1) is 22.2. The summed E-state index contributed by atoms with van der Waals surface area (Å²) in [4.78, 5) is 48.2. The second kappa shape index (κ2) is 12.6. The van der Waals surface area contributed by atoms with Crippen molar-refractivity contribution in [1.29, 1.82) is 0 Å². The minimum absolute atomic E-state index is 0.241. The van der Waals surface area contributed by atoms with E-state index >= 15 is 0 Å². The molecule has 47 heavy (non-hydrogen) atoms. The largest absolute Gasteiger partial charge is 0.490 e. The summed E-state index contributed by atoms with van der Waals surface area (Å²) in [6.45, 7) is 10.5. The fourth-order valence-corrected chi connectivity index (χ4v) is 7.42. The van der Waals surface area contributed by atoms with E-state index in [2.05, 4.69) is 25.7 Å². The molecule has 252 valence electrons. The van der Waals surface area contributed by atoms with E-state index < -0.39 is 48.1 Å². The molecule has 11 nitrogen and oxygen atoms in total. The molecule has 4 atom stereocenters. The van der Waals surface area contributed by atoms with Crippen molar-refractivity contribution in [2.75, 3.05) is 37.6 Å². The number of amides is 2. The number of likely N-dealkylation sites (tertiary alicyclic amines) is 1. The predicted octanol–water partition coefficient (Wildman–Crippen LogP) is 4.21. The number of benzene rings is 1. The Morgan fingerprint density at radius 1 is 1.15 bits per heavy atom. The molecular weight excluding hydrogens is 637 g/mol. The first kappa shape index (κ1) is 32.9. The van der Waals surface area contributed by atoms with E-state index in [1.807, 2.05) is 45.0 Å². The first-order valence-electron chi connectivity index (χ1n) is 15.6. The summed E-state index contributed by atoms with van der Waals surface area (Å²) >= 11 is 1.53. The van der Waals surface area contributed by atoms with Crippen LogP contribution in [0.1, 0.15) is 56.2 Å². The minimum atomic E-state index is -5.21. The van der Waals surface area contributed by atoms with E-state index in [0.29, 0.717) is 11.6 Å². The van der Waals surface area contributed by atoms with Crippen molar-refractivity contribution in [2.45, 2.75) is 64.4 Å². The Labute approximate surface area is 273 Å². The molecule has 3 fully saturated rings. The molecule has 3 aliphatic rings. The Balaban J connectivity index is 1.19. The molecule has 2 N–H and O–H groups in total. The number of esters is 1. The predicted molar refractivity (Wildman–Crippen MR) is 166 cm³/mol. The Morgan fingerprint density at radius 3 is 2.43 bits per heavy atom. The summed E-state index contributed by atoms with van der Waals surface area (Å²) in [6.07, 6.45) is -6.83. The lowest BCUT2D eigenvalue weighted by molar-refractivity contribution is -0.204. The molecule has 1 aromatic carbocycles. The van der Waals surface area contributed by atoms with Crippen LogP contribution in [0.15, 0.2) is 40.4 Å². The zero-order chi connectivity index (χ0) is 33.7. The highest BCUT2D eigenvalue weighted by molar-refractivity contribution is 7.13. The average molecular weight is 675 g/mol. The molecule has 0 saturated carbocycles. The number of halogens is 3. The highest BCUT2D eigenvalue weighted by Crippen LogP contribution is 2.39. The summed E-state index contributed by atoms with van der Waals surface area (Å²) in [7, 11) is 0. The van der Waals surface area contributed by atoms with E-state index in [9.17, 15) is 27.6 Å². The Hall–Kier alpha value is -3.98. The van der Waals surface area contributed by atoms with Crippen LogP contribution in [0.3, 0.4) is 0 Å². The number of aryl methyl sites for hydroxylation is 1. The number of aromatic nitrogens is 2. The fraction of sp³-hybridized carbons (Fsp3) is 0.531. The molecule has 0 bridgehead atoms. The quantitative estimate of drug-likeness (QED) is 0.321. The van der Waals surface area contributed by atoms with E-state index in [1.54, 1.807) is 18.5 Å². The molecular formula is C32H37F3N6O5S. The number of rotatable bonds is 9. The number of alkyl halides is 3. The van der Waals surface area contributed by atoms with Gasteiger partial charge < -0.3 is 29.7 Å². The molecule has 15 heteroatoms. The van der Waals surface area contributed by atoms with Crippen LogP contribution >= 0.6 is 11.3 Å². The summed E-state index contributed by atoms with van der Waals surface area (Å²) in [6, 6.07) is 7.66. The summed E-state index contributed by atoms with van der Waals surface area (Å²) in [5.41, 5.74) is 4.70. The molecule has 0 radical (unpaired) electrons. The van der Waals surface area contributed by atoms with Gasteiger partial charge in [-0.25, -0.2) is 9.78 Å². The topological polar surface area (TPSA) is 130 Å². The highest BCUT2D eigenvalue weighted by atomic mass is 32.1. The lowest BCUT2D eigenvalue weighted by Gasteiger charge is -2.56. The van der Waals surface area contributed by atoms with Crippen LogP contribution in [0.4, 0.5) is 19.0 Å². The fourth-order valence-electron chi connectivity index (χ4n) is 6.60. The maximum atomic E-state index is 14.2. The molecule has 2 amide bonds. The maximum absolute atomic E-state index is 14.2. The molecule has 3 aromatic rings. The number of carbonyl (C=O) groups is 3. The van der Waals surface area contributed by atoms with Crippen molar-refractivity contribution in [2.24, 2.45) is 11.3 Å². The molecule has 1 spiro atoms. The summed E-state index contributed by atoms with van der Waals surface area (Å²) in [5.74, 6) is -3.73. The molecule has 3 saturated heterocycles. The Kier molecular flexibility index (Phi) is 8.81. The van der Waals surface area contributed by atoms with Crippen molar-refractivity contribution in [3.05, 3.63) is 52.9 Å². The van der Waals surface area contributed by atoms with Crippen molar-refractivity contribution >= 4 is 34.9 Å². The number of anilines is 1. The molecule has 0 unspecified atom stereocenters. The van der Waals surface area contributed by atoms with E-state index in [1.165, 1.54) is 16.2 Å². The van der Waals surface area contributed by atoms with Gasteiger partial charge in [-0.3, -0.25) is 9.59 Å². The van der Waals surface area contributed by atoms with Gasteiger partial charge in [0.25, 0.3) is 0 Å². The molecule has 5 heterocycles. The van der Waals surface area contributed by atoms with Gasteiger partial charge >= 0.3 is 12.1 Å². The lowest BCUT2D eigenvalue weighted by atomic mass is 9.74. The number of nitrogens with zero attached hydrogens (tertiary/aromatic N) is 4. The van der Waals surface area contributed by atoms with Crippen LogP contribution in [0.5, 0.6) is 0 Å². The zero-order valence-corrected chi connectivity index (χ0v) is 27.3. The van der Waals surface area contributed by atoms with E-state index in [4.69, 9.17) is 9.26 Å². The van der Waals surface area contributed by atoms with Gasteiger partial charge in [0.1, 0.15) is 18.1 Å². The average Bonchev–Trinajstić information content (AvgIpc) is 3.71. The van der Waals surface area contributed by atoms with Crippen molar-refractivity contribution in [3.63, 3.8) is 0 Å². The third kappa shape index (κ3) is 6.59. The number of hydrogen-bond acceptors (Lipinski definition) is 10. The van der Waals surface area contributed by atoms with Gasteiger partial charge in [-0.2, -0.15) is 13.2 Å². The summed E-state index contributed by atoms with van der Waals surface area (Å²) < 4.78 is 49.6. The van der Waals surface area contributed by atoms with Crippen molar-refractivity contribution in [1.82, 2.24) is 25.7 Å². The third-order valence-corrected chi connectivity index (χ3v) is 10.2. The van der Waals surface area contributed by atoms with Crippen LogP contribution in [-0.2, 0) is 19.1 Å². The highest BCUT2D eigenvalue weighted by Gasteiger charge is 2.50. The number of hydrogen-bond donors (Lipinski definition) is 2. The van der Waals surface area contributed by atoms with Gasteiger partial charge in [-0.15, -0.1) is 11.3 Å². The minimum Gasteiger partial charge on any atom is -0.454 e. The van der Waals surface area contributed by atoms with Gasteiger partial charge in [-0.05, 0) is 30.9 Å². The third-order valence-electron chi connectivity index (χ3n) is 9.26. The maximum Gasteiger partial charge on any atom is 0.490 e. The van der Waals surface area contributed by atoms with Crippen LogP contribution < -0.4 is 15.5 Å². The molecule has 2 aromatic heterocycles. The second-order valence-corrected chi connectivity index (χ2v) is 14.0. The molecule has 0 aliphatic carbocycles. The number of carbonyl (C=O) groups excluding carboxylic acids is 3. The van der Waals surface area contributed by atoms with Crippen LogP contribution in [0.2, 0.25) is 0 Å². The normalized spacial score (nSPS) is 21.7. The van der Waals surface area contributed by atoms with Gasteiger partial charge in [0, 0.05) is 44.1 Å². The van der Waals surface area contributed by atoms with Gasteiger partial charge in [0.05, 0.1) is 28.7 Å². The van der Waals surface area contributed by atoms with Crippen LogP contribution in [0.25, 0.3) is 10.4 Å². The summed E-state index contributed by atoms with van der Waals surface area (Å²) in [5, 5.41) is 10.4. The van der Waals surface area contributed by atoms with Crippen molar-refractivity contribution in [3.8, 4) is 10.4 Å². The smallest absolute Gasteiger partial charge is 0.454 e. The van der Waals surface area contributed by atoms with Gasteiger partial charge in [0.15, 0.2) is 11.6 Å². The van der Waals surface area contributed by atoms with Crippen LogP contribution in [-0.4, -0.2) is 83.9 Å². The number of nitrogens with one attached hydrogen (secondary N) is 2. The van der Waals surface area contributed by atoms with E-state index in [0.717, 1.165) is 47.9 Å². The Morgan fingerprint density at radius 2 is 1.85 bits per heavy atom. The van der Waals surface area contributed by atoms with E-state index in [-0.39, 0.29) is 24.3 Å². The number of thiazole rings is 1. The SMILES string of the molecule is Cc1ncsc1-c1ccc([C@@H](C)NC(=O)[C@H]2C[C@@H](OC(=O)C(F)(F)F)CN2C(=O)[C@@H](c2cc(N3CC4(CNC4)C3)no2)C(C)C)cc1. The monoisotopic (exact) mass is 674 g/mol. The van der Waals surface area contributed by atoms with Gasteiger partial charge in [0.2, 0.25) is 11.8 Å². The zero-order valence-electron chi connectivity index (χ0n) is 26.5. The standard InChI is InChI=1S/C32H37F3N6O5S/c1-17(2)26(24-10-25(39-46-24)40-14-31(15-40)12-36-13-31)29(43)41-11-22(45-30(44)32(33,34)35)9-23(41)28(42)38-18(3)20-5-7-21(8-6-20)27-19(4)37-16-47-27/h5-8,10,16-18,22-23,26,36H,9,11-15H2,1-4H3,(H,38,42)/t18-,22-,23-,26-/m1/s1. The first-order valence-corrected chi connectivity index (χ1v) is 16.4. The number of ether oxygens (including phenoxy) is 1. The lowest BCUT2D eigenvalue weighted by Crippen LogP contribution is -2.71. The van der Waals surface area contributed by atoms with Gasteiger partial charge in [-0.1, -0.05) is 43.3 Å². The van der Waals surface area contributed by atoms with Crippen molar-refractivity contribution < 1.29 is 36.8 Å². The van der Waals surface area contributed by atoms with Crippen LogP contribution in [0, 0.1) is 18.3 Å². The Bertz CT molecular complexity index is 1630. The second-order valence-electron chi connectivity index (χ2n) is 13.2. The molecule has 6 rings (SSSR count).